The molecule has 100 valence electrons. The number of hydrogen-bond donors (Lipinski definition) is 2. The van der Waals surface area contributed by atoms with Gasteiger partial charge in [0.1, 0.15) is 0 Å². The molecule has 0 aromatic rings. The van der Waals surface area contributed by atoms with Gasteiger partial charge < -0.3 is 16.4 Å². The number of nitrogens with two attached hydrogens (primary N) is 2. The molecule has 0 radical (unpaired) electrons. The standard InChI is InChI=1S/C12H26N4O/c1-10(2)9-15-3-5-16(6-4-15)11(8-13)7-12(14)17/h10-11H,3-9,13H2,1-2H3,(H2,14,17). The predicted molar refractivity (Wildman–Crippen MR) is 69.5 cm³/mol. The Morgan fingerprint density at radius 1 is 1.24 bits per heavy atom. The molecule has 1 heterocycles. The van der Waals surface area contributed by atoms with Crippen LogP contribution in [0.4, 0.5) is 0 Å². The van der Waals surface area contributed by atoms with E-state index in [9.17, 15) is 4.79 Å². The second-order valence-electron chi connectivity index (χ2n) is 5.29. The van der Waals surface area contributed by atoms with Gasteiger partial charge >= 0.3 is 0 Å². The third-order valence-electron chi connectivity index (χ3n) is 3.26. The van der Waals surface area contributed by atoms with Gasteiger partial charge in [-0.15, -0.1) is 0 Å². The highest BCUT2D eigenvalue weighted by Crippen LogP contribution is 2.10. The molecule has 0 saturated carbocycles. The topological polar surface area (TPSA) is 75.6 Å². The van der Waals surface area contributed by atoms with E-state index in [0.29, 0.717) is 18.9 Å². The Bertz CT molecular complexity index is 237. The Labute approximate surface area is 104 Å². The van der Waals surface area contributed by atoms with Crippen molar-refractivity contribution in [1.82, 2.24) is 9.80 Å². The highest BCUT2D eigenvalue weighted by atomic mass is 16.1. The molecule has 17 heavy (non-hydrogen) atoms. The second-order valence-corrected chi connectivity index (χ2v) is 5.29. The summed E-state index contributed by atoms with van der Waals surface area (Å²) >= 11 is 0. The van der Waals surface area contributed by atoms with Crippen molar-refractivity contribution in [2.45, 2.75) is 26.3 Å². The highest BCUT2D eigenvalue weighted by molar-refractivity contribution is 5.74. The lowest BCUT2D eigenvalue weighted by Gasteiger charge is -2.39. The summed E-state index contributed by atoms with van der Waals surface area (Å²) in [6, 6.07) is 0.119. The lowest BCUT2D eigenvalue weighted by atomic mass is 10.1. The first-order valence-corrected chi connectivity index (χ1v) is 6.47. The molecule has 1 saturated heterocycles. The maximum Gasteiger partial charge on any atom is 0.219 e. The van der Waals surface area contributed by atoms with E-state index in [2.05, 4.69) is 23.6 Å². The van der Waals surface area contributed by atoms with Crippen LogP contribution in [0, 0.1) is 5.92 Å². The van der Waals surface area contributed by atoms with Crippen LogP contribution in [0.5, 0.6) is 0 Å². The first kappa shape index (κ1) is 14.4. The Morgan fingerprint density at radius 3 is 2.24 bits per heavy atom. The second kappa shape index (κ2) is 6.93. The highest BCUT2D eigenvalue weighted by Gasteiger charge is 2.24. The Hall–Kier alpha value is -0.650. The number of carbonyl (C=O) groups is 1. The molecule has 5 heteroatoms. The van der Waals surface area contributed by atoms with Crippen molar-refractivity contribution in [1.29, 1.82) is 0 Å². The Morgan fingerprint density at radius 2 is 1.82 bits per heavy atom. The lowest BCUT2D eigenvalue weighted by Crippen LogP contribution is -2.53. The molecule has 0 bridgehead atoms. The van der Waals surface area contributed by atoms with E-state index in [1.807, 2.05) is 0 Å². The molecule has 1 aliphatic rings. The summed E-state index contributed by atoms with van der Waals surface area (Å²) in [4.78, 5) is 15.7. The van der Waals surface area contributed by atoms with E-state index in [0.717, 1.165) is 32.7 Å². The van der Waals surface area contributed by atoms with E-state index in [4.69, 9.17) is 11.5 Å². The summed E-state index contributed by atoms with van der Waals surface area (Å²) in [7, 11) is 0. The molecule has 1 fully saturated rings. The molecule has 1 aliphatic heterocycles. The van der Waals surface area contributed by atoms with Crippen LogP contribution >= 0.6 is 0 Å². The molecule has 5 nitrogen and oxygen atoms in total. The molecule has 0 spiro atoms. The van der Waals surface area contributed by atoms with Gasteiger partial charge in [0.15, 0.2) is 0 Å². The quantitative estimate of drug-likeness (QED) is 0.656. The average Bonchev–Trinajstić information content (AvgIpc) is 2.26. The number of nitrogens with zero attached hydrogens (tertiary/aromatic N) is 2. The van der Waals surface area contributed by atoms with Crippen LogP contribution in [0.25, 0.3) is 0 Å². The number of hydrogen-bond acceptors (Lipinski definition) is 4. The fourth-order valence-electron chi connectivity index (χ4n) is 2.42. The molecule has 1 atom stereocenters. The van der Waals surface area contributed by atoms with Crippen molar-refractivity contribution in [2.24, 2.45) is 17.4 Å². The van der Waals surface area contributed by atoms with Gasteiger partial charge in [-0.2, -0.15) is 0 Å². The normalized spacial score (nSPS) is 20.7. The van der Waals surface area contributed by atoms with Gasteiger partial charge in [-0.05, 0) is 5.92 Å². The number of carbonyl (C=O) groups excluding carboxylic acids is 1. The fourth-order valence-corrected chi connectivity index (χ4v) is 2.42. The third kappa shape index (κ3) is 5.02. The van der Waals surface area contributed by atoms with E-state index in [1.165, 1.54) is 0 Å². The van der Waals surface area contributed by atoms with Crippen LogP contribution in [0.2, 0.25) is 0 Å². The molecule has 0 aromatic heterocycles. The minimum absolute atomic E-state index is 0.119. The first-order valence-electron chi connectivity index (χ1n) is 6.47. The summed E-state index contributed by atoms with van der Waals surface area (Å²) in [5, 5.41) is 0. The van der Waals surface area contributed by atoms with Crippen LogP contribution in [0.3, 0.4) is 0 Å². The predicted octanol–water partition coefficient (Wildman–Crippen LogP) is -0.537. The number of piperazine rings is 1. The minimum Gasteiger partial charge on any atom is -0.370 e. The summed E-state index contributed by atoms with van der Waals surface area (Å²) < 4.78 is 0. The molecule has 4 N–H and O–H groups in total. The van der Waals surface area contributed by atoms with Gasteiger partial charge in [-0.25, -0.2) is 0 Å². The Balaban J connectivity index is 2.36. The Kier molecular flexibility index (Phi) is 5.88. The zero-order valence-electron chi connectivity index (χ0n) is 11.1. The van der Waals surface area contributed by atoms with Gasteiger partial charge in [-0.1, -0.05) is 13.8 Å². The molecule has 0 aliphatic carbocycles. The molecule has 1 rings (SSSR count). The van der Waals surface area contributed by atoms with Gasteiger partial charge in [0.05, 0.1) is 0 Å². The van der Waals surface area contributed by atoms with Crippen molar-refractivity contribution < 1.29 is 4.79 Å². The average molecular weight is 242 g/mol. The zero-order chi connectivity index (χ0) is 12.8. The van der Waals surface area contributed by atoms with Crippen molar-refractivity contribution in [3.05, 3.63) is 0 Å². The number of primary amides is 1. The molecule has 0 aromatic carbocycles. The monoisotopic (exact) mass is 242 g/mol. The van der Waals surface area contributed by atoms with Crippen LogP contribution < -0.4 is 11.5 Å². The minimum atomic E-state index is -0.259. The van der Waals surface area contributed by atoms with Crippen molar-refractivity contribution >= 4 is 5.91 Å². The van der Waals surface area contributed by atoms with Gasteiger partial charge in [-0.3, -0.25) is 9.69 Å². The zero-order valence-corrected chi connectivity index (χ0v) is 11.1. The largest absolute Gasteiger partial charge is 0.370 e. The van der Waals surface area contributed by atoms with Crippen molar-refractivity contribution in [3.8, 4) is 0 Å². The molecule has 1 unspecified atom stereocenters. The summed E-state index contributed by atoms with van der Waals surface area (Å²) in [6.07, 6.45) is 0.376. The lowest BCUT2D eigenvalue weighted by molar-refractivity contribution is -0.119. The van der Waals surface area contributed by atoms with Crippen LogP contribution in [-0.4, -0.2) is 61.0 Å². The van der Waals surface area contributed by atoms with E-state index < -0.39 is 0 Å². The van der Waals surface area contributed by atoms with Crippen molar-refractivity contribution in [3.63, 3.8) is 0 Å². The fraction of sp³-hybridized carbons (Fsp3) is 0.917. The van der Waals surface area contributed by atoms with Crippen LogP contribution in [0.1, 0.15) is 20.3 Å². The van der Waals surface area contributed by atoms with E-state index in [1.54, 1.807) is 0 Å². The smallest absolute Gasteiger partial charge is 0.219 e. The first-order chi connectivity index (χ1) is 8.02. The van der Waals surface area contributed by atoms with Gasteiger partial charge in [0.2, 0.25) is 5.91 Å². The van der Waals surface area contributed by atoms with Crippen LogP contribution in [-0.2, 0) is 4.79 Å². The summed E-state index contributed by atoms with van der Waals surface area (Å²) in [5.41, 5.74) is 10.9. The number of rotatable bonds is 6. The maximum absolute atomic E-state index is 11.0. The van der Waals surface area contributed by atoms with Crippen LogP contribution in [0.15, 0.2) is 0 Å². The SMILES string of the molecule is CC(C)CN1CCN(C(CN)CC(N)=O)CC1. The van der Waals surface area contributed by atoms with Crippen molar-refractivity contribution in [2.75, 3.05) is 39.3 Å². The van der Waals surface area contributed by atoms with E-state index >= 15 is 0 Å². The third-order valence-corrected chi connectivity index (χ3v) is 3.26. The van der Waals surface area contributed by atoms with E-state index in [-0.39, 0.29) is 11.9 Å². The summed E-state index contributed by atoms with van der Waals surface area (Å²) in [6.45, 7) is 10.2. The molecular weight excluding hydrogens is 216 g/mol. The molecule has 1 amide bonds. The maximum atomic E-state index is 11.0. The number of amides is 1. The van der Waals surface area contributed by atoms with Gasteiger partial charge in [0, 0.05) is 51.7 Å². The van der Waals surface area contributed by atoms with Gasteiger partial charge in [0.25, 0.3) is 0 Å². The molecular formula is C12H26N4O. The summed E-state index contributed by atoms with van der Waals surface area (Å²) in [5.74, 6) is 0.447.